The number of nitrogens with two attached hydrogens (primary N) is 1. The topological polar surface area (TPSA) is 111 Å². The molecule has 0 bridgehead atoms. The largest absolute Gasteiger partial charge is 0.492 e. The number of nitrogens with zero attached hydrogens (tertiary/aromatic N) is 3. The van der Waals surface area contributed by atoms with Gasteiger partial charge < -0.3 is 25.2 Å². The third-order valence-electron chi connectivity index (χ3n) is 2.99. The van der Waals surface area contributed by atoms with E-state index in [9.17, 15) is 9.90 Å². The standard InChI is InChI=1S/C13H18N4O4S/c1-17(3-4-21-6-5-20-2)12(19)8-7-22-10-9(8)15-13(14)16-11(10)18/h7H,3-6H2,1-2H3,(H3,14,15,16,18). The summed E-state index contributed by atoms with van der Waals surface area (Å²) in [5.74, 6) is -0.487. The van der Waals surface area contributed by atoms with E-state index >= 15 is 0 Å². The molecule has 0 saturated heterocycles. The van der Waals surface area contributed by atoms with Gasteiger partial charge in [-0.15, -0.1) is 11.3 Å². The fourth-order valence-electron chi connectivity index (χ4n) is 1.82. The van der Waals surface area contributed by atoms with E-state index in [4.69, 9.17) is 15.2 Å². The van der Waals surface area contributed by atoms with Crippen molar-refractivity contribution in [2.45, 2.75) is 0 Å². The quantitative estimate of drug-likeness (QED) is 0.721. The molecular weight excluding hydrogens is 308 g/mol. The van der Waals surface area contributed by atoms with Crippen LogP contribution in [0.2, 0.25) is 0 Å². The van der Waals surface area contributed by atoms with Gasteiger partial charge in [-0.05, 0) is 0 Å². The van der Waals surface area contributed by atoms with Crippen LogP contribution in [-0.2, 0) is 9.47 Å². The maximum Gasteiger partial charge on any atom is 0.256 e. The maximum absolute atomic E-state index is 12.4. The van der Waals surface area contributed by atoms with Crippen molar-refractivity contribution < 1.29 is 19.4 Å². The van der Waals surface area contributed by atoms with Gasteiger partial charge in [0.15, 0.2) is 0 Å². The van der Waals surface area contributed by atoms with Gasteiger partial charge in [0.2, 0.25) is 11.8 Å². The van der Waals surface area contributed by atoms with Crippen LogP contribution in [0, 0.1) is 0 Å². The summed E-state index contributed by atoms with van der Waals surface area (Å²) in [6.45, 7) is 1.85. The van der Waals surface area contributed by atoms with Crippen LogP contribution in [0.1, 0.15) is 10.4 Å². The zero-order valence-electron chi connectivity index (χ0n) is 12.4. The Kier molecular flexibility index (Phi) is 5.47. The molecule has 1 amide bonds. The number of carbonyl (C=O) groups is 1. The molecule has 9 heteroatoms. The third kappa shape index (κ3) is 3.62. The molecule has 0 aromatic carbocycles. The summed E-state index contributed by atoms with van der Waals surface area (Å²) in [6.07, 6.45) is 0. The van der Waals surface area contributed by atoms with E-state index in [2.05, 4.69) is 9.97 Å². The highest BCUT2D eigenvalue weighted by atomic mass is 32.1. The number of rotatable bonds is 7. The van der Waals surface area contributed by atoms with Crippen molar-refractivity contribution in [1.29, 1.82) is 0 Å². The fourth-order valence-corrected chi connectivity index (χ4v) is 2.69. The molecule has 0 aliphatic heterocycles. The Morgan fingerprint density at radius 3 is 2.91 bits per heavy atom. The number of nitrogen functional groups attached to an aromatic ring is 1. The van der Waals surface area contributed by atoms with Crippen LogP contribution in [0.5, 0.6) is 5.88 Å². The Bertz CT molecular complexity index is 661. The molecule has 2 aromatic heterocycles. The van der Waals surface area contributed by atoms with Gasteiger partial charge in [-0.1, -0.05) is 0 Å². The molecule has 2 heterocycles. The van der Waals surface area contributed by atoms with E-state index in [-0.39, 0.29) is 17.7 Å². The number of aromatic hydroxyl groups is 1. The molecule has 0 saturated carbocycles. The van der Waals surface area contributed by atoms with Gasteiger partial charge in [0.25, 0.3) is 5.91 Å². The van der Waals surface area contributed by atoms with Gasteiger partial charge in [-0.25, -0.2) is 4.98 Å². The smallest absolute Gasteiger partial charge is 0.256 e. The number of hydrogen-bond donors (Lipinski definition) is 2. The first-order chi connectivity index (χ1) is 10.5. The maximum atomic E-state index is 12.4. The summed E-state index contributed by atoms with van der Waals surface area (Å²) in [7, 11) is 3.28. The van der Waals surface area contributed by atoms with Gasteiger partial charge in [0, 0.05) is 26.1 Å². The average molecular weight is 326 g/mol. The van der Waals surface area contributed by atoms with Crippen molar-refractivity contribution in [3.05, 3.63) is 10.9 Å². The Labute approximate surface area is 131 Å². The van der Waals surface area contributed by atoms with Crippen LogP contribution in [0.3, 0.4) is 0 Å². The predicted molar refractivity (Wildman–Crippen MR) is 83.1 cm³/mol. The Hall–Kier alpha value is -1.97. The van der Waals surface area contributed by atoms with Gasteiger partial charge in [0.1, 0.15) is 10.2 Å². The number of methoxy groups -OCH3 is 1. The highest BCUT2D eigenvalue weighted by Gasteiger charge is 2.20. The minimum absolute atomic E-state index is 0.0667. The summed E-state index contributed by atoms with van der Waals surface area (Å²) in [6, 6.07) is 0. The normalized spacial score (nSPS) is 11.0. The highest BCUT2D eigenvalue weighted by molar-refractivity contribution is 7.17. The lowest BCUT2D eigenvalue weighted by Crippen LogP contribution is -2.30. The molecular formula is C13H18N4O4S. The monoisotopic (exact) mass is 326 g/mol. The van der Waals surface area contributed by atoms with E-state index in [1.54, 1.807) is 19.5 Å². The number of carbonyl (C=O) groups excluding carboxylic acids is 1. The van der Waals surface area contributed by atoms with Crippen molar-refractivity contribution in [2.24, 2.45) is 0 Å². The zero-order chi connectivity index (χ0) is 16.1. The van der Waals surface area contributed by atoms with Crippen LogP contribution in [0.15, 0.2) is 5.38 Å². The first-order valence-corrected chi connectivity index (χ1v) is 7.48. The number of fused-ring (bicyclic) bond motifs is 1. The molecule has 0 aliphatic carbocycles. The SMILES string of the molecule is COCCOCCN(C)C(=O)c1csc2c(O)nc(N)nc12. The predicted octanol–water partition coefficient (Wildman–Crippen LogP) is 0.714. The molecule has 0 spiro atoms. The Balaban J connectivity index is 2.06. The molecule has 3 N–H and O–H groups in total. The second kappa shape index (κ2) is 7.34. The van der Waals surface area contributed by atoms with Crippen LogP contribution in [0.4, 0.5) is 5.95 Å². The first kappa shape index (κ1) is 16.4. The van der Waals surface area contributed by atoms with Gasteiger partial charge in [-0.3, -0.25) is 4.79 Å². The summed E-state index contributed by atoms with van der Waals surface area (Å²) in [5, 5.41) is 11.4. The van der Waals surface area contributed by atoms with Crippen molar-refractivity contribution in [3.63, 3.8) is 0 Å². The van der Waals surface area contributed by atoms with Crippen LogP contribution >= 0.6 is 11.3 Å². The van der Waals surface area contributed by atoms with E-state index in [1.165, 1.54) is 16.2 Å². The average Bonchev–Trinajstić information content (AvgIpc) is 2.90. The molecule has 22 heavy (non-hydrogen) atoms. The second-order valence-corrected chi connectivity index (χ2v) is 5.44. The van der Waals surface area contributed by atoms with E-state index in [1.807, 2.05) is 0 Å². The summed E-state index contributed by atoms with van der Waals surface area (Å²) >= 11 is 1.20. The summed E-state index contributed by atoms with van der Waals surface area (Å²) in [5.41, 5.74) is 6.28. The van der Waals surface area contributed by atoms with Gasteiger partial charge in [-0.2, -0.15) is 4.98 Å². The van der Waals surface area contributed by atoms with Crippen LogP contribution < -0.4 is 5.73 Å². The lowest BCUT2D eigenvalue weighted by molar-refractivity contribution is 0.0532. The van der Waals surface area contributed by atoms with Crippen molar-refractivity contribution in [3.8, 4) is 5.88 Å². The molecule has 0 aliphatic rings. The summed E-state index contributed by atoms with van der Waals surface area (Å²) < 4.78 is 10.7. The molecule has 2 rings (SSSR count). The number of ether oxygens (including phenoxy) is 2. The molecule has 0 radical (unpaired) electrons. The number of thiophene rings is 1. The number of amides is 1. The number of likely N-dealkylation sites (N-methyl/N-ethyl adjacent to an activating group) is 1. The fraction of sp³-hybridized carbons (Fsp3) is 0.462. The Morgan fingerprint density at radius 2 is 2.18 bits per heavy atom. The minimum atomic E-state index is -0.211. The number of aromatic nitrogens is 2. The lowest BCUT2D eigenvalue weighted by Gasteiger charge is -2.16. The van der Waals surface area contributed by atoms with E-state index in [0.717, 1.165) is 0 Å². The highest BCUT2D eigenvalue weighted by Crippen LogP contribution is 2.31. The molecule has 120 valence electrons. The molecule has 8 nitrogen and oxygen atoms in total. The number of hydrogen-bond acceptors (Lipinski definition) is 8. The molecule has 0 unspecified atom stereocenters. The first-order valence-electron chi connectivity index (χ1n) is 6.60. The van der Waals surface area contributed by atoms with Gasteiger partial charge >= 0.3 is 0 Å². The van der Waals surface area contributed by atoms with E-state index < -0.39 is 0 Å². The van der Waals surface area contributed by atoms with Crippen molar-refractivity contribution in [2.75, 3.05) is 46.3 Å². The lowest BCUT2D eigenvalue weighted by atomic mass is 10.2. The van der Waals surface area contributed by atoms with Crippen LogP contribution in [-0.4, -0.2) is 66.4 Å². The molecule has 0 fully saturated rings. The van der Waals surface area contributed by atoms with Gasteiger partial charge in [0.05, 0.1) is 25.4 Å². The molecule has 0 atom stereocenters. The second-order valence-electron chi connectivity index (χ2n) is 4.56. The van der Waals surface area contributed by atoms with E-state index in [0.29, 0.717) is 42.1 Å². The third-order valence-corrected chi connectivity index (χ3v) is 3.96. The van der Waals surface area contributed by atoms with Crippen molar-refractivity contribution >= 4 is 33.4 Å². The van der Waals surface area contributed by atoms with Crippen LogP contribution in [0.25, 0.3) is 10.2 Å². The summed E-state index contributed by atoms with van der Waals surface area (Å²) in [4.78, 5) is 21.7. The number of anilines is 1. The zero-order valence-corrected chi connectivity index (χ0v) is 13.2. The van der Waals surface area contributed by atoms with Crippen molar-refractivity contribution in [1.82, 2.24) is 14.9 Å². The Morgan fingerprint density at radius 1 is 1.41 bits per heavy atom. The molecule has 2 aromatic rings. The minimum Gasteiger partial charge on any atom is -0.492 e.